The molecule has 1 rings (SSSR count). The molecule has 0 aromatic heterocycles. The first-order chi connectivity index (χ1) is 15.3. The molecule has 2 N–H and O–H groups in total. The third-order valence-corrected chi connectivity index (χ3v) is 6.82. The standard InChI is InChI=1S/C22H46N3.C2H6O4S/c1-3-5-6-7-8-9-10-11-12-13-14-15-16-17-22-24-19-21-25(22,4-2)20-18-23;1-2-6-7(3,4)5/h3-21,23H2,1-2H3;2H2,1H3,(H,3,4,5)/q+1;/p-1. The Morgan fingerprint density at radius 2 is 1.41 bits per heavy atom. The summed E-state index contributed by atoms with van der Waals surface area (Å²) in [5.41, 5.74) is 5.84. The Morgan fingerprint density at radius 3 is 1.78 bits per heavy atom. The Hall–Kier alpha value is -0.540. The predicted octanol–water partition coefficient (Wildman–Crippen LogP) is 5.16. The first kappa shape index (κ1) is 31.5. The molecule has 1 atom stereocenters. The van der Waals surface area contributed by atoms with E-state index < -0.39 is 10.4 Å². The topological polar surface area (TPSA) is 105 Å². The van der Waals surface area contributed by atoms with Crippen molar-refractivity contribution in [1.29, 1.82) is 0 Å². The molecule has 7 nitrogen and oxygen atoms in total. The summed E-state index contributed by atoms with van der Waals surface area (Å²) in [5.74, 6) is 1.44. The van der Waals surface area contributed by atoms with Crippen LogP contribution >= 0.6 is 0 Å². The number of nitrogens with zero attached hydrogens (tertiary/aromatic N) is 2. The van der Waals surface area contributed by atoms with Crippen LogP contribution in [0.4, 0.5) is 0 Å². The van der Waals surface area contributed by atoms with Crippen LogP contribution in [0.3, 0.4) is 0 Å². The Morgan fingerprint density at radius 1 is 0.906 bits per heavy atom. The van der Waals surface area contributed by atoms with Crippen LogP contribution in [0.1, 0.15) is 111 Å². The van der Waals surface area contributed by atoms with Crippen LogP contribution in [-0.4, -0.2) is 62.6 Å². The third-order valence-electron chi connectivity index (χ3n) is 6.30. The van der Waals surface area contributed by atoms with E-state index in [0.717, 1.165) is 30.7 Å². The molecule has 0 bridgehead atoms. The molecule has 1 aliphatic rings. The number of hydrogen-bond donors (Lipinski definition) is 1. The van der Waals surface area contributed by atoms with Crippen molar-refractivity contribution in [3.05, 3.63) is 0 Å². The second-order valence-electron chi connectivity index (χ2n) is 8.80. The Labute approximate surface area is 198 Å². The Balaban J connectivity index is 0.00000118. The van der Waals surface area contributed by atoms with Crippen molar-refractivity contribution in [3.8, 4) is 0 Å². The highest BCUT2D eigenvalue weighted by molar-refractivity contribution is 7.80. The van der Waals surface area contributed by atoms with Gasteiger partial charge in [0.25, 0.3) is 0 Å². The van der Waals surface area contributed by atoms with Crippen LogP contribution in [0.15, 0.2) is 4.99 Å². The summed E-state index contributed by atoms with van der Waals surface area (Å²) in [6, 6.07) is 0. The van der Waals surface area contributed by atoms with Crippen molar-refractivity contribution >= 4 is 16.2 Å². The van der Waals surface area contributed by atoms with Crippen LogP contribution in [0.2, 0.25) is 0 Å². The van der Waals surface area contributed by atoms with Crippen LogP contribution in [-0.2, 0) is 14.6 Å². The van der Waals surface area contributed by atoms with Gasteiger partial charge < -0.3 is 10.3 Å². The lowest BCUT2D eigenvalue weighted by molar-refractivity contribution is -0.833. The molecule has 0 aromatic carbocycles. The summed E-state index contributed by atoms with van der Waals surface area (Å²) in [7, 11) is -4.42. The molecule has 0 aliphatic carbocycles. The van der Waals surface area contributed by atoms with Gasteiger partial charge in [-0.3, -0.25) is 8.67 Å². The summed E-state index contributed by atoms with van der Waals surface area (Å²) in [4.78, 5) is 4.81. The van der Waals surface area contributed by atoms with Gasteiger partial charge in [-0.25, -0.2) is 13.4 Å². The number of likely N-dealkylation sites (N-methyl/N-ethyl adjacent to an activating group) is 1. The van der Waals surface area contributed by atoms with E-state index in [9.17, 15) is 13.0 Å². The smallest absolute Gasteiger partial charge is 0.217 e. The lowest BCUT2D eigenvalue weighted by Gasteiger charge is -2.33. The number of unbranched alkanes of at least 4 members (excludes halogenated alkanes) is 12. The van der Waals surface area contributed by atoms with Gasteiger partial charge in [0.15, 0.2) is 5.84 Å². The molecule has 1 aliphatic heterocycles. The highest BCUT2D eigenvalue weighted by atomic mass is 32.3. The van der Waals surface area contributed by atoms with Gasteiger partial charge in [-0.1, -0.05) is 84.0 Å². The summed E-state index contributed by atoms with van der Waals surface area (Å²) in [5, 5.41) is 0. The number of rotatable bonds is 19. The Kier molecular flexibility index (Phi) is 19.6. The summed E-state index contributed by atoms with van der Waals surface area (Å²) < 4.78 is 33.1. The summed E-state index contributed by atoms with van der Waals surface area (Å²) in [6.45, 7) is 11.1. The van der Waals surface area contributed by atoms with E-state index in [1.165, 1.54) is 109 Å². The first-order valence-corrected chi connectivity index (χ1v) is 14.4. The fourth-order valence-electron chi connectivity index (χ4n) is 4.40. The molecule has 8 heteroatoms. The van der Waals surface area contributed by atoms with E-state index in [1.54, 1.807) is 0 Å². The minimum Gasteiger partial charge on any atom is -0.726 e. The number of aliphatic imine (C=N–C) groups is 1. The predicted molar refractivity (Wildman–Crippen MR) is 134 cm³/mol. The minimum absolute atomic E-state index is 0.0914. The zero-order chi connectivity index (χ0) is 24.1. The fraction of sp³-hybridized carbons (Fsp3) is 0.958. The quantitative estimate of drug-likeness (QED) is 0.120. The van der Waals surface area contributed by atoms with E-state index >= 15 is 0 Å². The van der Waals surface area contributed by atoms with Gasteiger partial charge in [-0.2, -0.15) is 0 Å². The van der Waals surface area contributed by atoms with Crippen LogP contribution in [0, 0.1) is 0 Å². The molecule has 192 valence electrons. The molecule has 1 heterocycles. The SMILES string of the molecule is CCCCCCCCCCCCCCCC1=NCC[N+]1(CC)CCN.CCOS(=O)(=O)[O-]. The average Bonchev–Trinajstić information content (AvgIpc) is 3.14. The highest BCUT2D eigenvalue weighted by Gasteiger charge is 2.35. The van der Waals surface area contributed by atoms with Gasteiger partial charge in [0.2, 0.25) is 10.4 Å². The van der Waals surface area contributed by atoms with E-state index in [4.69, 9.17) is 10.7 Å². The van der Waals surface area contributed by atoms with Gasteiger partial charge in [0, 0.05) is 13.0 Å². The molecular weight excluding hydrogens is 426 g/mol. The maximum absolute atomic E-state index is 9.45. The molecule has 0 saturated carbocycles. The highest BCUT2D eigenvalue weighted by Crippen LogP contribution is 2.20. The molecule has 0 aromatic rings. The molecule has 0 fully saturated rings. The number of hydrogen-bond acceptors (Lipinski definition) is 6. The van der Waals surface area contributed by atoms with E-state index in [2.05, 4.69) is 18.0 Å². The second-order valence-corrected chi connectivity index (χ2v) is 9.85. The molecule has 0 amide bonds. The van der Waals surface area contributed by atoms with Crippen LogP contribution in [0.5, 0.6) is 0 Å². The van der Waals surface area contributed by atoms with Gasteiger partial charge in [0.1, 0.15) is 6.54 Å². The Bertz CT molecular complexity index is 570. The number of amidine groups is 1. The third kappa shape index (κ3) is 16.1. The van der Waals surface area contributed by atoms with E-state index in [0.29, 0.717) is 0 Å². The first-order valence-electron chi connectivity index (χ1n) is 13.1. The zero-order valence-electron chi connectivity index (χ0n) is 21.2. The van der Waals surface area contributed by atoms with Crippen molar-refractivity contribution in [2.75, 3.05) is 39.3 Å². The zero-order valence-corrected chi connectivity index (χ0v) is 22.0. The van der Waals surface area contributed by atoms with Gasteiger partial charge in [0.05, 0.1) is 26.2 Å². The normalized spacial score (nSPS) is 18.3. The minimum atomic E-state index is -4.42. The van der Waals surface area contributed by atoms with Crippen molar-refractivity contribution < 1.29 is 21.6 Å². The number of quaternary nitrogens is 1. The van der Waals surface area contributed by atoms with Gasteiger partial charge in [-0.05, 0) is 20.3 Å². The fourth-order valence-corrected chi connectivity index (χ4v) is 4.69. The van der Waals surface area contributed by atoms with E-state index in [1.807, 2.05) is 0 Å². The molecule has 32 heavy (non-hydrogen) atoms. The second kappa shape index (κ2) is 19.9. The molecular formula is C24H51N3O4S. The average molecular weight is 478 g/mol. The molecule has 0 saturated heterocycles. The van der Waals surface area contributed by atoms with Crippen molar-refractivity contribution in [2.45, 2.75) is 111 Å². The largest absolute Gasteiger partial charge is 0.726 e. The van der Waals surface area contributed by atoms with Gasteiger partial charge >= 0.3 is 0 Å². The van der Waals surface area contributed by atoms with Crippen molar-refractivity contribution in [3.63, 3.8) is 0 Å². The van der Waals surface area contributed by atoms with Gasteiger partial charge in [-0.15, -0.1) is 0 Å². The van der Waals surface area contributed by atoms with Crippen molar-refractivity contribution in [1.82, 2.24) is 0 Å². The number of nitrogens with two attached hydrogens (primary N) is 1. The summed E-state index contributed by atoms with van der Waals surface area (Å²) in [6.07, 6.45) is 19.7. The molecule has 0 radical (unpaired) electrons. The maximum Gasteiger partial charge on any atom is 0.217 e. The van der Waals surface area contributed by atoms with Crippen LogP contribution in [0.25, 0.3) is 0 Å². The summed E-state index contributed by atoms with van der Waals surface area (Å²) >= 11 is 0. The van der Waals surface area contributed by atoms with Crippen molar-refractivity contribution in [2.24, 2.45) is 10.7 Å². The lowest BCUT2D eigenvalue weighted by atomic mass is 10.0. The van der Waals surface area contributed by atoms with E-state index in [-0.39, 0.29) is 6.61 Å². The lowest BCUT2D eigenvalue weighted by Crippen LogP contribution is -2.53. The van der Waals surface area contributed by atoms with Crippen LogP contribution < -0.4 is 5.73 Å². The molecule has 0 spiro atoms. The monoisotopic (exact) mass is 477 g/mol. The molecule has 1 unspecified atom stereocenters. The maximum atomic E-state index is 9.45.